The summed E-state index contributed by atoms with van der Waals surface area (Å²) in [6.45, 7) is 2.44. The quantitative estimate of drug-likeness (QED) is 0.638. The number of aliphatic carboxylic acids is 1. The number of carboxylic acid groups (broad SMARTS) is 1. The number of amides is 1. The minimum absolute atomic E-state index is 0.194. The summed E-state index contributed by atoms with van der Waals surface area (Å²) in [4.78, 5) is 22.2. The lowest BCUT2D eigenvalue weighted by atomic mass is 10.2. The van der Waals surface area contributed by atoms with Crippen LogP contribution in [0.4, 0.5) is 0 Å². The molecule has 1 unspecified atom stereocenters. The lowest BCUT2D eigenvalue weighted by Gasteiger charge is -2.10. The number of carbonyl (C=O) groups excluding carboxylic acids is 1. The molecular formula is C9H12N2O5. The van der Waals surface area contributed by atoms with Crippen molar-refractivity contribution in [2.45, 2.75) is 19.9 Å². The molecule has 0 aromatic carbocycles. The maximum Gasteiger partial charge on any atom is 0.328 e. The summed E-state index contributed by atoms with van der Waals surface area (Å²) in [6.07, 6.45) is 0. The maximum atomic E-state index is 11.6. The molecule has 1 aromatic rings. The smallest absolute Gasteiger partial charge is 0.328 e. The molecule has 1 aromatic heterocycles. The Bertz CT molecular complexity index is 393. The topological polar surface area (TPSA) is 113 Å². The molecule has 0 aliphatic rings. The molecular weight excluding hydrogens is 216 g/mol. The van der Waals surface area contributed by atoms with E-state index in [0.29, 0.717) is 11.5 Å². The number of aliphatic hydroxyl groups excluding tert-OH is 1. The van der Waals surface area contributed by atoms with Crippen LogP contribution in [-0.2, 0) is 4.79 Å². The van der Waals surface area contributed by atoms with Crippen LogP contribution in [0.25, 0.3) is 0 Å². The van der Waals surface area contributed by atoms with Crippen LogP contribution < -0.4 is 5.32 Å². The van der Waals surface area contributed by atoms with Crippen molar-refractivity contribution in [3.05, 3.63) is 17.0 Å². The minimum Gasteiger partial charge on any atom is -0.480 e. The van der Waals surface area contributed by atoms with Gasteiger partial charge in [-0.25, -0.2) is 4.79 Å². The van der Waals surface area contributed by atoms with E-state index in [1.165, 1.54) is 0 Å². The number of hydrogen-bond acceptors (Lipinski definition) is 5. The highest BCUT2D eigenvalue weighted by molar-refractivity contribution is 5.98. The molecule has 7 nitrogen and oxygen atoms in total. The molecule has 16 heavy (non-hydrogen) atoms. The Morgan fingerprint density at radius 1 is 1.50 bits per heavy atom. The van der Waals surface area contributed by atoms with Gasteiger partial charge in [0, 0.05) is 0 Å². The van der Waals surface area contributed by atoms with E-state index in [0.717, 1.165) is 0 Å². The monoisotopic (exact) mass is 228 g/mol. The molecule has 1 rings (SSSR count). The molecule has 0 aliphatic heterocycles. The van der Waals surface area contributed by atoms with Crippen molar-refractivity contribution in [1.82, 2.24) is 10.5 Å². The standard InChI is InChI=1S/C9H12N2O5/c1-4-7(5(2)16-11-4)8(13)10-6(3-12)9(14)15/h6,12H,3H2,1-2H3,(H,10,13)(H,14,15). The third-order valence-corrected chi connectivity index (χ3v) is 2.05. The zero-order valence-corrected chi connectivity index (χ0v) is 8.85. The van der Waals surface area contributed by atoms with Gasteiger partial charge in [-0.3, -0.25) is 4.79 Å². The van der Waals surface area contributed by atoms with Crippen LogP contribution in [-0.4, -0.2) is 39.9 Å². The number of carbonyl (C=O) groups is 2. The highest BCUT2D eigenvalue weighted by Gasteiger charge is 2.23. The Morgan fingerprint density at radius 3 is 2.50 bits per heavy atom. The Morgan fingerprint density at radius 2 is 2.12 bits per heavy atom. The summed E-state index contributed by atoms with van der Waals surface area (Å²) < 4.78 is 4.77. The maximum absolute atomic E-state index is 11.6. The van der Waals surface area contributed by atoms with Crippen molar-refractivity contribution < 1.29 is 24.3 Å². The molecule has 0 bridgehead atoms. The number of nitrogens with zero attached hydrogens (tertiary/aromatic N) is 1. The van der Waals surface area contributed by atoms with Crippen LogP contribution in [0.15, 0.2) is 4.52 Å². The fourth-order valence-corrected chi connectivity index (χ4v) is 1.22. The fraction of sp³-hybridized carbons (Fsp3) is 0.444. The molecule has 0 fully saturated rings. The van der Waals surface area contributed by atoms with Crippen LogP contribution in [0.2, 0.25) is 0 Å². The highest BCUT2D eigenvalue weighted by Crippen LogP contribution is 2.11. The zero-order valence-electron chi connectivity index (χ0n) is 8.85. The van der Waals surface area contributed by atoms with E-state index in [2.05, 4.69) is 10.5 Å². The van der Waals surface area contributed by atoms with Crippen molar-refractivity contribution in [1.29, 1.82) is 0 Å². The van der Waals surface area contributed by atoms with Gasteiger partial charge in [0.25, 0.3) is 5.91 Å². The molecule has 1 atom stereocenters. The van der Waals surface area contributed by atoms with E-state index < -0.39 is 24.5 Å². The van der Waals surface area contributed by atoms with Gasteiger partial charge in [-0.05, 0) is 13.8 Å². The van der Waals surface area contributed by atoms with Gasteiger partial charge in [0.2, 0.25) is 0 Å². The number of hydrogen-bond donors (Lipinski definition) is 3. The largest absolute Gasteiger partial charge is 0.480 e. The molecule has 88 valence electrons. The number of aliphatic hydroxyl groups is 1. The van der Waals surface area contributed by atoms with Gasteiger partial charge in [-0.15, -0.1) is 0 Å². The van der Waals surface area contributed by atoms with Crippen LogP contribution in [0.5, 0.6) is 0 Å². The first-order valence-electron chi connectivity index (χ1n) is 4.54. The third kappa shape index (κ3) is 2.37. The average Bonchev–Trinajstić information content (AvgIpc) is 2.54. The molecule has 0 spiro atoms. The number of rotatable bonds is 4. The molecule has 3 N–H and O–H groups in total. The molecule has 0 saturated heterocycles. The molecule has 0 radical (unpaired) electrons. The Kier molecular flexibility index (Phi) is 3.62. The Hall–Kier alpha value is -1.89. The van der Waals surface area contributed by atoms with E-state index in [1.54, 1.807) is 13.8 Å². The molecule has 0 aliphatic carbocycles. The van der Waals surface area contributed by atoms with Crippen LogP contribution in [0.3, 0.4) is 0 Å². The summed E-state index contributed by atoms with van der Waals surface area (Å²) in [5, 5.41) is 23.1. The Balaban J connectivity index is 2.84. The van der Waals surface area contributed by atoms with E-state index >= 15 is 0 Å². The predicted molar refractivity (Wildman–Crippen MR) is 52.0 cm³/mol. The molecule has 7 heteroatoms. The number of carboxylic acids is 1. The van der Waals surface area contributed by atoms with Gasteiger partial charge in [-0.2, -0.15) is 0 Å². The van der Waals surface area contributed by atoms with E-state index in [-0.39, 0.29) is 5.56 Å². The lowest BCUT2D eigenvalue weighted by Crippen LogP contribution is -2.43. The van der Waals surface area contributed by atoms with Crippen LogP contribution in [0, 0.1) is 13.8 Å². The molecule has 1 heterocycles. The predicted octanol–water partition coefficient (Wildman–Crippen LogP) is -0.533. The second-order valence-electron chi connectivity index (χ2n) is 3.25. The molecule has 0 saturated carbocycles. The van der Waals surface area contributed by atoms with Crippen molar-refractivity contribution in [2.24, 2.45) is 0 Å². The van der Waals surface area contributed by atoms with Gasteiger partial charge in [0.15, 0.2) is 6.04 Å². The van der Waals surface area contributed by atoms with Crippen LogP contribution >= 0.6 is 0 Å². The molecule has 1 amide bonds. The lowest BCUT2D eigenvalue weighted by molar-refractivity contribution is -0.140. The summed E-state index contributed by atoms with van der Waals surface area (Å²) in [7, 11) is 0. The number of nitrogens with one attached hydrogen (secondary N) is 1. The average molecular weight is 228 g/mol. The second-order valence-corrected chi connectivity index (χ2v) is 3.25. The Labute approximate surface area is 91.0 Å². The van der Waals surface area contributed by atoms with E-state index in [1.807, 2.05) is 0 Å². The summed E-state index contributed by atoms with van der Waals surface area (Å²) in [5.74, 6) is -1.63. The van der Waals surface area contributed by atoms with Gasteiger partial charge in [0.05, 0.1) is 12.3 Å². The first-order valence-corrected chi connectivity index (χ1v) is 4.54. The van der Waals surface area contributed by atoms with E-state index in [9.17, 15) is 9.59 Å². The first kappa shape index (κ1) is 12.2. The van der Waals surface area contributed by atoms with Crippen LogP contribution in [0.1, 0.15) is 21.8 Å². The van der Waals surface area contributed by atoms with Gasteiger partial charge < -0.3 is 20.1 Å². The zero-order chi connectivity index (χ0) is 12.3. The number of aromatic nitrogens is 1. The fourth-order valence-electron chi connectivity index (χ4n) is 1.22. The first-order chi connectivity index (χ1) is 7.47. The van der Waals surface area contributed by atoms with Gasteiger partial charge >= 0.3 is 5.97 Å². The van der Waals surface area contributed by atoms with Crippen molar-refractivity contribution in [2.75, 3.05) is 6.61 Å². The summed E-state index contributed by atoms with van der Waals surface area (Å²) in [5.41, 5.74) is 0.566. The van der Waals surface area contributed by atoms with Crippen molar-refractivity contribution in [3.63, 3.8) is 0 Å². The van der Waals surface area contributed by atoms with Gasteiger partial charge in [-0.1, -0.05) is 5.16 Å². The SMILES string of the molecule is Cc1noc(C)c1C(=O)NC(CO)C(=O)O. The highest BCUT2D eigenvalue weighted by atomic mass is 16.5. The minimum atomic E-state index is -1.33. The second kappa shape index (κ2) is 4.75. The van der Waals surface area contributed by atoms with Gasteiger partial charge in [0.1, 0.15) is 11.3 Å². The summed E-state index contributed by atoms with van der Waals surface area (Å²) >= 11 is 0. The van der Waals surface area contributed by atoms with Crippen molar-refractivity contribution >= 4 is 11.9 Å². The summed E-state index contributed by atoms with van der Waals surface area (Å²) in [6, 6.07) is -1.33. The van der Waals surface area contributed by atoms with Crippen molar-refractivity contribution in [3.8, 4) is 0 Å². The van der Waals surface area contributed by atoms with E-state index in [4.69, 9.17) is 14.7 Å². The third-order valence-electron chi connectivity index (χ3n) is 2.05. The number of aryl methyl sites for hydroxylation is 2. The normalized spacial score (nSPS) is 12.2.